The second-order valence-electron chi connectivity index (χ2n) is 3.04. The van der Waals surface area contributed by atoms with Gasteiger partial charge in [0.25, 0.3) is 0 Å². The van der Waals surface area contributed by atoms with Crippen LogP contribution in [0.15, 0.2) is 34.9 Å². The number of allylic oxidation sites excluding steroid dienone is 6. The van der Waals surface area contributed by atoms with Crippen molar-refractivity contribution < 1.29 is 0 Å². The number of rotatable bonds is 0. The maximum absolute atomic E-state index is 8.73. The molecule has 0 radical (unpaired) electrons. The summed E-state index contributed by atoms with van der Waals surface area (Å²) in [5.74, 6) is 0.166. The SMILES string of the molecule is CC1=CC=CC(C)C1=C(C#N)C#N. The first kappa shape index (κ1) is 9.29. The molecule has 2 nitrogen and oxygen atoms in total. The maximum Gasteiger partial charge on any atom is 0.133 e. The summed E-state index contributed by atoms with van der Waals surface area (Å²) >= 11 is 0. The van der Waals surface area contributed by atoms with Crippen LogP contribution in [0.1, 0.15) is 13.8 Å². The summed E-state index contributed by atoms with van der Waals surface area (Å²) in [6, 6.07) is 3.85. The molecule has 0 saturated carbocycles. The summed E-state index contributed by atoms with van der Waals surface area (Å²) < 4.78 is 0. The largest absolute Gasteiger partial charge is 0.192 e. The molecule has 2 heteroatoms. The summed E-state index contributed by atoms with van der Waals surface area (Å²) in [6.45, 7) is 3.90. The molecular formula is C11H10N2. The van der Waals surface area contributed by atoms with Crippen LogP contribution < -0.4 is 0 Å². The van der Waals surface area contributed by atoms with Crippen LogP contribution >= 0.6 is 0 Å². The Labute approximate surface area is 78.1 Å². The van der Waals surface area contributed by atoms with E-state index < -0.39 is 0 Å². The van der Waals surface area contributed by atoms with E-state index in [9.17, 15) is 0 Å². The van der Waals surface area contributed by atoms with Gasteiger partial charge < -0.3 is 0 Å². The molecule has 0 aromatic heterocycles. The normalized spacial score (nSPS) is 20.2. The zero-order chi connectivity index (χ0) is 9.84. The lowest BCUT2D eigenvalue weighted by molar-refractivity contribution is 0.856. The van der Waals surface area contributed by atoms with Crippen molar-refractivity contribution in [3.8, 4) is 12.1 Å². The highest BCUT2D eigenvalue weighted by atomic mass is 14.3. The first-order valence-electron chi connectivity index (χ1n) is 4.10. The van der Waals surface area contributed by atoms with Crippen LogP contribution in [0.25, 0.3) is 0 Å². The molecule has 0 aromatic rings. The second kappa shape index (κ2) is 3.74. The van der Waals surface area contributed by atoms with Crippen LogP contribution in [0.2, 0.25) is 0 Å². The highest BCUT2D eigenvalue weighted by molar-refractivity contribution is 5.52. The van der Waals surface area contributed by atoms with Crippen molar-refractivity contribution in [1.29, 1.82) is 10.5 Å². The van der Waals surface area contributed by atoms with Gasteiger partial charge in [-0.05, 0) is 18.1 Å². The Morgan fingerprint density at radius 3 is 2.46 bits per heavy atom. The molecule has 0 spiro atoms. The Hall–Kier alpha value is -1.80. The van der Waals surface area contributed by atoms with Crippen molar-refractivity contribution in [3.05, 3.63) is 34.9 Å². The average Bonchev–Trinajstić information content (AvgIpc) is 2.11. The average molecular weight is 170 g/mol. The molecule has 1 aliphatic carbocycles. The first-order chi connectivity index (χ1) is 6.20. The van der Waals surface area contributed by atoms with Crippen LogP contribution in [0.3, 0.4) is 0 Å². The van der Waals surface area contributed by atoms with E-state index in [0.717, 1.165) is 11.1 Å². The molecule has 1 rings (SSSR count). The summed E-state index contributed by atoms with van der Waals surface area (Å²) in [5.41, 5.74) is 2.09. The van der Waals surface area contributed by atoms with Crippen LogP contribution in [-0.4, -0.2) is 0 Å². The fourth-order valence-electron chi connectivity index (χ4n) is 1.48. The minimum absolute atomic E-state index is 0.166. The molecule has 0 aromatic carbocycles. The minimum atomic E-state index is 0.166. The van der Waals surface area contributed by atoms with E-state index in [4.69, 9.17) is 10.5 Å². The molecule has 1 aliphatic rings. The summed E-state index contributed by atoms with van der Waals surface area (Å²) in [5, 5.41) is 17.5. The highest BCUT2D eigenvalue weighted by Crippen LogP contribution is 2.27. The summed E-state index contributed by atoms with van der Waals surface area (Å²) in [4.78, 5) is 0. The molecular weight excluding hydrogens is 160 g/mol. The van der Waals surface area contributed by atoms with E-state index in [1.807, 2.05) is 44.2 Å². The Morgan fingerprint density at radius 2 is 2.00 bits per heavy atom. The molecule has 0 heterocycles. The molecule has 1 atom stereocenters. The zero-order valence-electron chi connectivity index (χ0n) is 7.70. The van der Waals surface area contributed by atoms with Crippen molar-refractivity contribution in [1.82, 2.24) is 0 Å². The minimum Gasteiger partial charge on any atom is -0.192 e. The quantitative estimate of drug-likeness (QED) is 0.524. The van der Waals surface area contributed by atoms with E-state index in [1.165, 1.54) is 0 Å². The Kier molecular flexibility index (Phi) is 2.67. The van der Waals surface area contributed by atoms with Crippen LogP contribution in [0.5, 0.6) is 0 Å². The molecule has 64 valence electrons. The second-order valence-corrected chi connectivity index (χ2v) is 3.04. The van der Waals surface area contributed by atoms with Crippen LogP contribution in [-0.2, 0) is 0 Å². The van der Waals surface area contributed by atoms with E-state index in [-0.39, 0.29) is 11.5 Å². The van der Waals surface area contributed by atoms with Crippen molar-refractivity contribution in [2.45, 2.75) is 13.8 Å². The van der Waals surface area contributed by atoms with E-state index in [2.05, 4.69) is 0 Å². The van der Waals surface area contributed by atoms with Gasteiger partial charge in [-0.2, -0.15) is 10.5 Å². The van der Waals surface area contributed by atoms with E-state index in [1.54, 1.807) is 0 Å². The Bertz CT molecular complexity index is 367. The number of hydrogen-bond donors (Lipinski definition) is 0. The van der Waals surface area contributed by atoms with Gasteiger partial charge >= 0.3 is 0 Å². The van der Waals surface area contributed by atoms with Crippen molar-refractivity contribution in [3.63, 3.8) is 0 Å². The highest BCUT2D eigenvalue weighted by Gasteiger charge is 2.15. The third-order valence-corrected chi connectivity index (χ3v) is 2.12. The summed E-state index contributed by atoms with van der Waals surface area (Å²) in [6.07, 6.45) is 5.86. The molecule has 0 aliphatic heterocycles. The smallest absolute Gasteiger partial charge is 0.133 e. The van der Waals surface area contributed by atoms with Gasteiger partial charge in [-0.1, -0.05) is 25.2 Å². The monoisotopic (exact) mass is 170 g/mol. The van der Waals surface area contributed by atoms with Gasteiger partial charge in [-0.3, -0.25) is 0 Å². The fourth-order valence-corrected chi connectivity index (χ4v) is 1.48. The van der Waals surface area contributed by atoms with Crippen molar-refractivity contribution in [2.75, 3.05) is 0 Å². The lowest BCUT2D eigenvalue weighted by atomic mass is 9.87. The topological polar surface area (TPSA) is 47.6 Å². The predicted octanol–water partition coefficient (Wildman–Crippen LogP) is 2.48. The Balaban J connectivity index is 3.27. The molecule has 0 saturated heterocycles. The van der Waals surface area contributed by atoms with Gasteiger partial charge in [0.2, 0.25) is 0 Å². The molecule has 0 fully saturated rings. The number of nitrogens with zero attached hydrogens (tertiary/aromatic N) is 2. The number of nitriles is 2. The maximum atomic E-state index is 8.73. The molecule has 0 amide bonds. The fraction of sp³-hybridized carbons (Fsp3) is 0.273. The standard InChI is InChI=1S/C11H10N2/c1-8-4-3-5-9(2)11(8)10(6-12)7-13/h3-5,8H,1-2H3. The van der Waals surface area contributed by atoms with Gasteiger partial charge in [0.15, 0.2) is 0 Å². The van der Waals surface area contributed by atoms with Gasteiger partial charge in [-0.25, -0.2) is 0 Å². The predicted molar refractivity (Wildman–Crippen MR) is 50.3 cm³/mol. The molecule has 0 N–H and O–H groups in total. The lowest BCUT2D eigenvalue weighted by Gasteiger charge is -2.16. The van der Waals surface area contributed by atoms with E-state index >= 15 is 0 Å². The third-order valence-electron chi connectivity index (χ3n) is 2.12. The Morgan fingerprint density at radius 1 is 1.38 bits per heavy atom. The number of hydrogen-bond acceptors (Lipinski definition) is 2. The third kappa shape index (κ3) is 1.68. The molecule has 0 bridgehead atoms. The lowest BCUT2D eigenvalue weighted by Crippen LogP contribution is -2.03. The van der Waals surface area contributed by atoms with Gasteiger partial charge in [-0.15, -0.1) is 0 Å². The van der Waals surface area contributed by atoms with Gasteiger partial charge in [0.1, 0.15) is 17.7 Å². The van der Waals surface area contributed by atoms with Gasteiger partial charge in [0.05, 0.1) is 0 Å². The zero-order valence-corrected chi connectivity index (χ0v) is 7.70. The first-order valence-corrected chi connectivity index (χ1v) is 4.10. The summed E-state index contributed by atoms with van der Waals surface area (Å²) in [7, 11) is 0. The molecule has 13 heavy (non-hydrogen) atoms. The van der Waals surface area contributed by atoms with E-state index in [0.29, 0.717) is 0 Å². The van der Waals surface area contributed by atoms with Gasteiger partial charge in [0, 0.05) is 5.92 Å². The van der Waals surface area contributed by atoms with Crippen LogP contribution in [0.4, 0.5) is 0 Å². The molecule has 1 unspecified atom stereocenters. The van der Waals surface area contributed by atoms with Crippen LogP contribution in [0, 0.1) is 28.6 Å². The van der Waals surface area contributed by atoms with Crippen molar-refractivity contribution in [2.24, 2.45) is 5.92 Å². The van der Waals surface area contributed by atoms with Crippen molar-refractivity contribution >= 4 is 0 Å².